The monoisotopic (exact) mass is 660 g/mol. The highest BCUT2D eigenvalue weighted by molar-refractivity contribution is 7.07. The first-order valence-electron chi connectivity index (χ1n) is 15.3. The van der Waals surface area contributed by atoms with Gasteiger partial charge in [0.1, 0.15) is 0 Å². The number of para-hydroxylation sites is 1. The molecule has 0 aliphatic rings. The lowest BCUT2D eigenvalue weighted by Gasteiger charge is -2.15. The highest BCUT2D eigenvalue weighted by atomic mass is 79.9. The van der Waals surface area contributed by atoms with Crippen LogP contribution in [0.1, 0.15) is 95.2 Å². The molecule has 0 saturated carbocycles. The normalized spacial score (nSPS) is 10.6. The number of thiazole rings is 1. The van der Waals surface area contributed by atoms with Gasteiger partial charge in [-0.1, -0.05) is 107 Å². The van der Waals surface area contributed by atoms with Crippen LogP contribution >= 0.6 is 11.3 Å². The van der Waals surface area contributed by atoms with Crippen LogP contribution in [0.4, 0.5) is 5.69 Å². The molecular weight excluding hydrogens is 612 g/mol. The summed E-state index contributed by atoms with van der Waals surface area (Å²) in [5, 5.41) is 5.07. The molecular formula is C34H49BrN2O4S. The predicted molar refractivity (Wildman–Crippen MR) is 168 cm³/mol. The standard InChI is InChI=1S/C34H48N2O4S.BrH/c1-4-5-6-7-8-9-10-11-12-13-14-15-22-39-34-31(38-3)20-17-21-32(34)40-25-33(37)35-30-19-16-18-29(23-30)24-36-27-41-26-28(36)2;/h16-21,23,26-27H,4-15,22,24-25H2,1-3H3;1H. The van der Waals surface area contributed by atoms with E-state index in [1.165, 1.54) is 69.9 Å². The molecule has 0 aliphatic carbocycles. The van der Waals surface area contributed by atoms with E-state index in [0.29, 0.717) is 23.9 Å². The van der Waals surface area contributed by atoms with Crippen LogP contribution in [-0.4, -0.2) is 26.2 Å². The zero-order valence-corrected chi connectivity index (χ0v) is 28.1. The molecule has 0 spiro atoms. The number of nitrogens with zero attached hydrogens (tertiary/aromatic N) is 1. The van der Waals surface area contributed by atoms with Gasteiger partial charge in [-0.25, -0.2) is 0 Å². The first-order chi connectivity index (χ1) is 20.1. The van der Waals surface area contributed by atoms with Gasteiger partial charge in [0.05, 0.1) is 19.1 Å². The van der Waals surface area contributed by atoms with Gasteiger partial charge in [0.2, 0.25) is 11.3 Å². The van der Waals surface area contributed by atoms with Crippen LogP contribution in [-0.2, 0) is 11.3 Å². The molecule has 0 saturated heterocycles. The number of benzene rings is 2. The van der Waals surface area contributed by atoms with E-state index in [1.807, 2.05) is 36.4 Å². The fourth-order valence-electron chi connectivity index (χ4n) is 4.83. The summed E-state index contributed by atoms with van der Waals surface area (Å²) in [6, 6.07) is 13.4. The van der Waals surface area contributed by atoms with Crippen LogP contribution in [0.5, 0.6) is 17.2 Å². The largest absolute Gasteiger partial charge is 1.00 e. The lowest BCUT2D eigenvalue weighted by atomic mass is 10.1. The Morgan fingerprint density at radius 1 is 0.857 bits per heavy atom. The number of carbonyl (C=O) groups is 1. The smallest absolute Gasteiger partial charge is 0.262 e. The molecule has 8 heteroatoms. The average Bonchev–Trinajstić information content (AvgIpc) is 3.38. The maximum atomic E-state index is 12.7. The van der Waals surface area contributed by atoms with Crippen molar-refractivity contribution in [2.24, 2.45) is 0 Å². The van der Waals surface area contributed by atoms with E-state index in [-0.39, 0.29) is 29.5 Å². The molecule has 6 nitrogen and oxygen atoms in total. The Morgan fingerprint density at radius 3 is 2.14 bits per heavy atom. The number of rotatable bonds is 21. The van der Waals surface area contributed by atoms with Gasteiger partial charge in [0.15, 0.2) is 30.3 Å². The lowest BCUT2D eigenvalue weighted by molar-refractivity contribution is -0.689. The summed E-state index contributed by atoms with van der Waals surface area (Å²) in [4.78, 5) is 12.7. The van der Waals surface area contributed by atoms with Crippen molar-refractivity contribution >= 4 is 22.9 Å². The summed E-state index contributed by atoms with van der Waals surface area (Å²) in [6.45, 7) is 5.60. The third-order valence-electron chi connectivity index (χ3n) is 7.21. The van der Waals surface area contributed by atoms with Gasteiger partial charge in [-0.05, 0) is 30.7 Å². The van der Waals surface area contributed by atoms with Gasteiger partial charge in [-0.3, -0.25) is 4.79 Å². The van der Waals surface area contributed by atoms with Gasteiger partial charge in [0, 0.05) is 18.2 Å². The van der Waals surface area contributed by atoms with E-state index in [9.17, 15) is 4.79 Å². The number of aromatic nitrogens is 1. The molecule has 3 rings (SSSR count). The van der Waals surface area contributed by atoms with Gasteiger partial charge < -0.3 is 36.5 Å². The number of halogens is 1. The minimum atomic E-state index is -0.226. The molecule has 1 aromatic heterocycles. The van der Waals surface area contributed by atoms with E-state index in [2.05, 4.69) is 40.7 Å². The Hall–Kier alpha value is -2.58. The van der Waals surface area contributed by atoms with Crippen molar-refractivity contribution in [1.29, 1.82) is 0 Å². The zero-order chi connectivity index (χ0) is 29.1. The minimum Gasteiger partial charge on any atom is -1.00 e. The maximum Gasteiger partial charge on any atom is 0.262 e. The second kappa shape index (κ2) is 21.2. The fourth-order valence-corrected chi connectivity index (χ4v) is 5.61. The molecule has 0 unspecified atom stereocenters. The molecule has 0 aliphatic heterocycles. The third-order valence-corrected chi connectivity index (χ3v) is 8.06. The van der Waals surface area contributed by atoms with Crippen molar-refractivity contribution in [1.82, 2.24) is 0 Å². The summed E-state index contributed by atoms with van der Waals surface area (Å²) in [5.74, 6) is 1.44. The number of hydrogen-bond acceptors (Lipinski definition) is 5. The van der Waals surface area contributed by atoms with Gasteiger partial charge in [0.25, 0.3) is 5.91 Å². The Labute approximate surface area is 267 Å². The topological polar surface area (TPSA) is 60.7 Å². The van der Waals surface area contributed by atoms with E-state index in [4.69, 9.17) is 14.2 Å². The van der Waals surface area contributed by atoms with Crippen LogP contribution in [0.25, 0.3) is 0 Å². The molecule has 2 aromatic carbocycles. The highest BCUT2D eigenvalue weighted by Crippen LogP contribution is 2.37. The Morgan fingerprint density at radius 2 is 1.50 bits per heavy atom. The molecule has 1 heterocycles. The number of methoxy groups -OCH3 is 1. The second-order valence-electron chi connectivity index (χ2n) is 10.7. The number of amides is 1. The van der Waals surface area contributed by atoms with Crippen LogP contribution in [0, 0.1) is 6.92 Å². The first-order valence-corrected chi connectivity index (χ1v) is 16.3. The average molecular weight is 662 g/mol. The molecule has 232 valence electrons. The zero-order valence-electron chi connectivity index (χ0n) is 25.7. The van der Waals surface area contributed by atoms with Crippen LogP contribution in [0.3, 0.4) is 0 Å². The van der Waals surface area contributed by atoms with Crippen molar-refractivity contribution < 1.29 is 40.6 Å². The van der Waals surface area contributed by atoms with Crippen LogP contribution < -0.4 is 41.1 Å². The van der Waals surface area contributed by atoms with Crippen LogP contribution in [0.2, 0.25) is 0 Å². The highest BCUT2D eigenvalue weighted by Gasteiger charge is 2.14. The summed E-state index contributed by atoms with van der Waals surface area (Å²) < 4.78 is 19.7. The number of nitrogens with one attached hydrogen (secondary N) is 1. The van der Waals surface area contributed by atoms with E-state index in [0.717, 1.165) is 30.6 Å². The minimum absolute atomic E-state index is 0. The number of ether oxygens (including phenoxy) is 3. The molecule has 42 heavy (non-hydrogen) atoms. The summed E-state index contributed by atoms with van der Waals surface area (Å²) >= 11 is 1.68. The second-order valence-corrected chi connectivity index (χ2v) is 11.4. The SMILES string of the molecule is CCCCCCCCCCCCCCOc1c(OC)cccc1OCC(=O)Nc1cccc(C[n+]2cscc2C)c1.[Br-]. The number of anilines is 1. The fraction of sp³-hybridized carbons (Fsp3) is 0.529. The van der Waals surface area contributed by atoms with Crippen molar-refractivity contribution in [3.05, 3.63) is 64.6 Å². The quantitative estimate of drug-likeness (QED) is 0.121. The summed E-state index contributed by atoms with van der Waals surface area (Å²) in [7, 11) is 1.62. The summed E-state index contributed by atoms with van der Waals surface area (Å²) in [6.07, 6.45) is 15.6. The number of aryl methyl sites for hydroxylation is 1. The van der Waals surface area contributed by atoms with Crippen molar-refractivity contribution in [3.8, 4) is 17.2 Å². The van der Waals surface area contributed by atoms with Gasteiger partial charge in [-0.2, -0.15) is 4.57 Å². The Balaban J connectivity index is 0.00000616. The molecule has 0 bridgehead atoms. The molecule has 0 atom stereocenters. The van der Waals surface area contributed by atoms with E-state index >= 15 is 0 Å². The molecule has 1 N–H and O–H groups in total. The van der Waals surface area contributed by atoms with Crippen molar-refractivity contribution in [2.45, 2.75) is 97.4 Å². The summed E-state index contributed by atoms with van der Waals surface area (Å²) in [5.41, 5.74) is 5.18. The van der Waals surface area contributed by atoms with Crippen LogP contribution in [0.15, 0.2) is 53.4 Å². The van der Waals surface area contributed by atoms with E-state index < -0.39 is 0 Å². The Kier molecular flexibility index (Phi) is 17.9. The number of hydrogen-bond donors (Lipinski definition) is 1. The van der Waals surface area contributed by atoms with Gasteiger partial charge >= 0.3 is 0 Å². The van der Waals surface area contributed by atoms with Crippen molar-refractivity contribution in [2.75, 3.05) is 25.6 Å². The predicted octanol–water partition coefficient (Wildman–Crippen LogP) is 5.50. The first kappa shape index (κ1) is 35.6. The van der Waals surface area contributed by atoms with Crippen molar-refractivity contribution in [3.63, 3.8) is 0 Å². The molecule has 1 amide bonds. The maximum absolute atomic E-state index is 12.7. The number of unbranched alkanes of at least 4 members (excludes halogenated alkanes) is 11. The molecule has 3 aromatic rings. The van der Waals surface area contributed by atoms with Gasteiger partial charge in [-0.15, -0.1) is 0 Å². The third kappa shape index (κ3) is 13.2. The Bertz CT molecular complexity index is 1170. The molecule has 0 fully saturated rings. The number of carbonyl (C=O) groups excluding carboxylic acids is 1. The lowest BCUT2D eigenvalue weighted by Crippen LogP contribution is -3.00. The molecule has 0 radical (unpaired) electrons. The van der Waals surface area contributed by atoms with E-state index in [1.54, 1.807) is 18.4 Å².